The molecular weight excluding hydrogens is 493 g/mol. The van der Waals surface area contributed by atoms with E-state index in [0.29, 0.717) is 5.56 Å². The molecule has 0 aromatic heterocycles. The van der Waals surface area contributed by atoms with Crippen LogP contribution in [0.1, 0.15) is 23.5 Å². The Labute approximate surface area is 187 Å². The second-order valence-corrected chi connectivity index (χ2v) is 7.46. The van der Waals surface area contributed by atoms with Gasteiger partial charge in [-0.2, -0.15) is 26.3 Å². The van der Waals surface area contributed by atoms with Crippen molar-refractivity contribution in [3.05, 3.63) is 68.7 Å². The summed E-state index contributed by atoms with van der Waals surface area (Å²) < 4.78 is 76.9. The van der Waals surface area contributed by atoms with E-state index in [1.807, 2.05) is 5.43 Å². The number of amides is 1. The topological polar surface area (TPSA) is 41.1 Å². The zero-order chi connectivity index (χ0) is 23.4. The number of carbonyl (C=O) groups is 1. The highest BCUT2D eigenvalue weighted by molar-refractivity contribution is 6.48. The quantitative estimate of drug-likeness (QED) is 0.244. The third-order valence-electron chi connectivity index (χ3n) is 3.82. The van der Waals surface area contributed by atoms with Gasteiger partial charge in [0.25, 0.3) is 0 Å². The monoisotopic (exact) mass is 504 g/mol. The molecule has 0 spiro atoms. The summed E-state index contributed by atoms with van der Waals surface area (Å²) in [6.07, 6.45) is -8.82. The molecule has 0 fully saturated rings. The number of anilines is 1. The van der Waals surface area contributed by atoms with Gasteiger partial charge in [0.05, 0.1) is 26.7 Å². The van der Waals surface area contributed by atoms with Gasteiger partial charge >= 0.3 is 12.4 Å². The van der Waals surface area contributed by atoms with Gasteiger partial charge in [-0.25, -0.2) is 0 Å². The highest BCUT2D eigenvalue weighted by Gasteiger charge is 2.39. The van der Waals surface area contributed by atoms with Gasteiger partial charge < -0.3 is 0 Å². The first-order chi connectivity index (χ1) is 14.3. The Kier molecular flexibility index (Phi) is 8.13. The van der Waals surface area contributed by atoms with Crippen molar-refractivity contribution in [1.29, 1.82) is 0 Å². The van der Waals surface area contributed by atoms with Crippen LogP contribution in [-0.4, -0.2) is 18.3 Å². The molecule has 2 N–H and O–H groups in total. The van der Waals surface area contributed by atoms with Gasteiger partial charge in [0.15, 0.2) is 0 Å². The summed E-state index contributed by atoms with van der Waals surface area (Å²) in [4.78, 5) is 11.1. The predicted octanol–water partition coefficient (Wildman–Crippen LogP) is 7.40. The van der Waals surface area contributed by atoms with E-state index in [-0.39, 0.29) is 26.3 Å². The lowest BCUT2D eigenvalue weighted by Gasteiger charge is -2.18. The van der Waals surface area contributed by atoms with Crippen LogP contribution >= 0.6 is 34.8 Å². The summed E-state index contributed by atoms with van der Waals surface area (Å²) in [5.41, 5.74) is 4.55. The SMILES string of the molecule is O=C(CC(F)(F)F)NNc1ccc(C=CC(c2cc(Cl)c(Cl)c(Cl)c2)C(F)(F)F)cc1. The molecule has 31 heavy (non-hydrogen) atoms. The molecule has 0 aliphatic heterocycles. The van der Waals surface area contributed by atoms with Crippen molar-refractivity contribution in [2.75, 3.05) is 5.43 Å². The van der Waals surface area contributed by atoms with Crippen LogP contribution in [0.4, 0.5) is 32.0 Å². The van der Waals surface area contributed by atoms with E-state index in [4.69, 9.17) is 34.8 Å². The van der Waals surface area contributed by atoms with Gasteiger partial charge in [0, 0.05) is 0 Å². The molecule has 0 aliphatic rings. The van der Waals surface area contributed by atoms with Crippen LogP contribution < -0.4 is 10.9 Å². The average Bonchev–Trinajstić information content (AvgIpc) is 2.63. The van der Waals surface area contributed by atoms with E-state index in [0.717, 1.165) is 18.2 Å². The summed E-state index contributed by atoms with van der Waals surface area (Å²) in [5.74, 6) is -3.30. The second-order valence-electron chi connectivity index (χ2n) is 6.26. The van der Waals surface area contributed by atoms with E-state index in [2.05, 4.69) is 5.43 Å². The number of hydrazine groups is 1. The lowest BCUT2D eigenvalue weighted by molar-refractivity contribution is -0.153. The van der Waals surface area contributed by atoms with Gasteiger partial charge in [0.1, 0.15) is 6.42 Å². The van der Waals surface area contributed by atoms with Gasteiger partial charge in [-0.15, -0.1) is 0 Å². The number of nitrogens with one attached hydrogen (secondary N) is 2. The molecule has 0 saturated heterocycles. The van der Waals surface area contributed by atoms with Crippen molar-refractivity contribution in [1.82, 2.24) is 5.43 Å². The first kappa shape index (κ1) is 25.2. The van der Waals surface area contributed by atoms with Gasteiger partial charge in [-0.1, -0.05) is 59.1 Å². The fraction of sp³-hybridized carbons (Fsp3) is 0.211. The van der Waals surface area contributed by atoms with Gasteiger partial charge in [0.2, 0.25) is 5.91 Å². The average molecular weight is 506 g/mol. The fourth-order valence-electron chi connectivity index (χ4n) is 2.42. The number of rotatable bonds is 6. The Morgan fingerprint density at radius 2 is 1.52 bits per heavy atom. The lowest BCUT2D eigenvalue weighted by atomic mass is 9.97. The third-order valence-corrected chi connectivity index (χ3v) is 5.01. The fourth-order valence-corrected chi connectivity index (χ4v) is 3.03. The molecule has 0 bridgehead atoms. The molecule has 1 amide bonds. The number of allylic oxidation sites excluding steroid dienone is 1. The van der Waals surface area contributed by atoms with Gasteiger partial charge in [-0.05, 0) is 35.4 Å². The minimum absolute atomic E-state index is 0.0533. The molecule has 1 unspecified atom stereocenters. The molecule has 168 valence electrons. The van der Waals surface area contributed by atoms with Crippen molar-refractivity contribution >= 4 is 52.5 Å². The van der Waals surface area contributed by atoms with Crippen LogP contribution in [0.2, 0.25) is 15.1 Å². The number of benzene rings is 2. The van der Waals surface area contributed by atoms with Crippen LogP contribution in [0.3, 0.4) is 0 Å². The molecule has 0 radical (unpaired) electrons. The molecule has 0 saturated carbocycles. The normalized spacial score (nSPS) is 13.3. The maximum absolute atomic E-state index is 13.5. The van der Waals surface area contributed by atoms with Crippen molar-refractivity contribution in [3.63, 3.8) is 0 Å². The molecule has 0 heterocycles. The van der Waals surface area contributed by atoms with Crippen LogP contribution in [0.5, 0.6) is 0 Å². The lowest BCUT2D eigenvalue weighted by Crippen LogP contribution is -2.32. The molecule has 12 heteroatoms. The Hall–Kier alpha value is -2.10. The van der Waals surface area contributed by atoms with Crippen molar-refractivity contribution in [3.8, 4) is 0 Å². The van der Waals surface area contributed by atoms with E-state index >= 15 is 0 Å². The highest BCUT2D eigenvalue weighted by Crippen LogP contribution is 2.41. The van der Waals surface area contributed by atoms with Crippen LogP contribution in [0, 0.1) is 0 Å². The van der Waals surface area contributed by atoms with Crippen molar-refractivity contribution in [2.45, 2.75) is 24.7 Å². The van der Waals surface area contributed by atoms with Crippen molar-refractivity contribution < 1.29 is 31.1 Å². The van der Waals surface area contributed by atoms with E-state index < -0.39 is 30.6 Å². The number of hydrogen-bond acceptors (Lipinski definition) is 2. The van der Waals surface area contributed by atoms with Crippen LogP contribution in [-0.2, 0) is 4.79 Å². The Balaban J connectivity index is 2.12. The maximum atomic E-state index is 13.5. The van der Waals surface area contributed by atoms with E-state index in [9.17, 15) is 31.1 Å². The zero-order valence-corrected chi connectivity index (χ0v) is 17.5. The van der Waals surface area contributed by atoms with Crippen molar-refractivity contribution in [2.24, 2.45) is 0 Å². The Morgan fingerprint density at radius 3 is 2.00 bits per heavy atom. The molecule has 1 atom stereocenters. The smallest absolute Gasteiger partial charge is 0.299 e. The van der Waals surface area contributed by atoms with E-state index in [1.54, 1.807) is 0 Å². The van der Waals surface area contributed by atoms with E-state index in [1.165, 1.54) is 30.3 Å². The molecule has 3 nitrogen and oxygen atoms in total. The Bertz CT molecular complexity index is 936. The molecule has 2 aromatic rings. The number of halogens is 9. The number of alkyl halides is 6. The molecule has 0 aliphatic carbocycles. The summed E-state index contributed by atoms with van der Waals surface area (Å²) in [5, 5.41) is -0.285. The Morgan fingerprint density at radius 1 is 0.968 bits per heavy atom. The summed E-state index contributed by atoms with van der Waals surface area (Å²) in [7, 11) is 0. The summed E-state index contributed by atoms with van der Waals surface area (Å²) in [6.45, 7) is 0. The standard InChI is InChI=1S/C19H13Cl3F6N2O/c20-14-7-11(8-15(21)17(14)22)13(19(26,27)28)6-3-10-1-4-12(5-2-10)29-30-16(31)9-18(23,24)25/h1-8,13,29H,9H2,(H,30,31). The zero-order valence-electron chi connectivity index (χ0n) is 15.2. The van der Waals surface area contributed by atoms with Crippen LogP contribution in [0.15, 0.2) is 42.5 Å². The number of hydrogen-bond donors (Lipinski definition) is 2. The number of carbonyl (C=O) groups excluding carboxylic acids is 1. The third kappa shape index (κ3) is 7.83. The second kappa shape index (κ2) is 10.0. The van der Waals surface area contributed by atoms with Gasteiger partial charge in [-0.3, -0.25) is 15.6 Å². The first-order valence-electron chi connectivity index (χ1n) is 8.37. The largest absolute Gasteiger partial charge is 0.399 e. The molecular formula is C19H13Cl3F6N2O. The maximum Gasteiger partial charge on any atom is 0.399 e. The summed E-state index contributed by atoms with van der Waals surface area (Å²) >= 11 is 17.4. The first-order valence-corrected chi connectivity index (χ1v) is 9.50. The summed E-state index contributed by atoms with van der Waals surface area (Å²) in [6, 6.07) is 7.70. The minimum Gasteiger partial charge on any atom is -0.299 e. The predicted molar refractivity (Wildman–Crippen MR) is 108 cm³/mol. The minimum atomic E-state index is -4.64. The molecule has 2 aromatic carbocycles. The van der Waals surface area contributed by atoms with Crippen LogP contribution in [0.25, 0.3) is 6.08 Å². The highest BCUT2D eigenvalue weighted by atomic mass is 35.5. The molecule has 2 rings (SSSR count).